The van der Waals surface area contributed by atoms with Gasteiger partial charge in [-0.2, -0.15) is 8.78 Å². The van der Waals surface area contributed by atoms with E-state index in [4.69, 9.17) is 0 Å². The van der Waals surface area contributed by atoms with Gasteiger partial charge in [0.05, 0.1) is 6.61 Å². The molecule has 1 rings (SSSR count). The number of benzene rings is 1. The first kappa shape index (κ1) is 10.8. The molecule has 0 aliphatic heterocycles. The summed E-state index contributed by atoms with van der Waals surface area (Å²) in [4.78, 5) is 0. The molecule has 77 valence electrons. The van der Waals surface area contributed by atoms with Crippen molar-refractivity contribution in [1.29, 1.82) is 0 Å². The Balaban J connectivity index is 3.43. The molecule has 0 atom stereocenters. The van der Waals surface area contributed by atoms with Gasteiger partial charge in [-0.3, -0.25) is 0 Å². The highest BCUT2D eigenvalue weighted by Gasteiger charge is 2.23. The van der Waals surface area contributed by atoms with Gasteiger partial charge in [0.15, 0.2) is 17.4 Å². The highest BCUT2D eigenvalue weighted by molar-refractivity contribution is 5.35. The Hall–Kier alpha value is -1.26. The summed E-state index contributed by atoms with van der Waals surface area (Å²) in [6.07, 6.45) is 0. The third kappa shape index (κ3) is 1.54. The van der Waals surface area contributed by atoms with Gasteiger partial charge in [0.25, 0.3) is 0 Å². The van der Waals surface area contributed by atoms with Crippen molar-refractivity contribution in [3.8, 4) is 5.75 Å². The van der Waals surface area contributed by atoms with Crippen molar-refractivity contribution in [3.63, 3.8) is 0 Å². The van der Waals surface area contributed by atoms with Crippen molar-refractivity contribution < 1.29 is 22.3 Å². The Kier molecular flexibility index (Phi) is 2.98. The molecule has 0 saturated heterocycles. The van der Waals surface area contributed by atoms with Crippen molar-refractivity contribution in [2.75, 3.05) is 6.61 Å². The lowest BCUT2D eigenvalue weighted by Crippen LogP contribution is -2.05. The summed E-state index contributed by atoms with van der Waals surface area (Å²) in [6, 6.07) is 0. The fraction of sp³-hybridized carbons (Fsp3) is 0.222. The van der Waals surface area contributed by atoms with Gasteiger partial charge in [0.1, 0.15) is 0 Å². The van der Waals surface area contributed by atoms with E-state index in [1.54, 1.807) is 0 Å². The number of ether oxygens (including phenoxy) is 1. The minimum Gasteiger partial charge on any atom is -0.488 e. The average molecular weight is 207 g/mol. The molecule has 1 radical (unpaired) electrons. The minimum atomic E-state index is -1.56. The Morgan fingerprint density at radius 3 is 1.79 bits per heavy atom. The van der Waals surface area contributed by atoms with Crippen molar-refractivity contribution in [1.82, 2.24) is 0 Å². The molecule has 0 spiro atoms. The molecule has 1 aromatic rings. The molecule has 0 aromatic heterocycles. The van der Waals surface area contributed by atoms with Crippen molar-refractivity contribution in [2.24, 2.45) is 0 Å². The average Bonchev–Trinajstić information content (AvgIpc) is 2.19. The lowest BCUT2D eigenvalue weighted by atomic mass is 10.2. The maximum atomic E-state index is 12.9. The predicted molar refractivity (Wildman–Crippen MR) is 41.9 cm³/mol. The summed E-state index contributed by atoms with van der Waals surface area (Å²) in [5.74, 6) is -7.24. The normalized spacial score (nSPS) is 10.4. The summed E-state index contributed by atoms with van der Waals surface area (Å²) >= 11 is 0. The second-order valence-corrected chi connectivity index (χ2v) is 2.50. The summed E-state index contributed by atoms with van der Waals surface area (Å²) < 4.78 is 56.0. The molecule has 5 heteroatoms. The molecule has 0 aliphatic carbocycles. The van der Waals surface area contributed by atoms with Crippen molar-refractivity contribution in [2.45, 2.75) is 6.92 Å². The zero-order chi connectivity index (χ0) is 10.9. The van der Waals surface area contributed by atoms with Crippen LogP contribution in [0.2, 0.25) is 0 Å². The summed E-state index contributed by atoms with van der Waals surface area (Å²) in [5, 5.41) is 0. The van der Waals surface area contributed by atoms with Gasteiger partial charge in [0.2, 0.25) is 11.6 Å². The fourth-order valence-electron chi connectivity index (χ4n) is 0.928. The number of hydrogen-bond acceptors (Lipinski definition) is 1. The largest absolute Gasteiger partial charge is 0.488 e. The predicted octanol–water partition coefficient (Wildman–Crippen LogP) is 2.82. The van der Waals surface area contributed by atoms with Crippen LogP contribution in [0.5, 0.6) is 5.75 Å². The standard InChI is InChI=1S/C9H7F4O/c1-3-14-9-7(12)5(10)4(2)6(11)8(9)13/h2-3H2,1H3. The van der Waals surface area contributed by atoms with Crippen LogP contribution in [0, 0.1) is 30.2 Å². The topological polar surface area (TPSA) is 9.23 Å². The molecular weight excluding hydrogens is 200 g/mol. The highest BCUT2D eigenvalue weighted by atomic mass is 19.2. The second-order valence-electron chi connectivity index (χ2n) is 2.50. The lowest BCUT2D eigenvalue weighted by Gasteiger charge is -2.09. The Labute approximate surface area is 78.3 Å². The van der Waals surface area contributed by atoms with Gasteiger partial charge in [-0.25, -0.2) is 8.78 Å². The third-order valence-corrected chi connectivity index (χ3v) is 1.60. The molecule has 14 heavy (non-hydrogen) atoms. The van der Waals surface area contributed by atoms with E-state index in [9.17, 15) is 17.6 Å². The van der Waals surface area contributed by atoms with Crippen LogP contribution in [-0.2, 0) is 0 Å². The third-order valence-electron chi connectivity index (χ3n) is 1.60. The van der Waals surface area contributed by atoms with Gasteiger partial charge < -0.3 is 4.74 Å². The van der Waals surface area contributed by atoms with Crippen molar-refractivity contribution >= 4 is 0 Å². The van der Waals surface area contributed by atoms with Crippen LogP contribution < -0.4 is 4.74 Å². The van der Waals surface area contributed by atoms with E-state index in [2.05, 4.69) is 11.7 Å². The monoisotopic (exact) mass is 207 g/mol. The molecule has 0 fully saturated rings. The molecule has 0 bridgehead atoms. The van der Waals surface area contributed by atoms with E-state index in [0.717, 1.165) is 0 Å². The second kappa shape index (κ2) is 3.86. The van der Waals surface area contributed by atoms with Gasteiger partial charge in [-0.1, -0.05) is 0 Å². The van der Waals surface area contributed by atoms with Crippen LogP contribution >= 0.6 is 0 Å². The van der Waals surface area contributed by atoms with E-state index < -0.39 is 34.6 Å². The first-order valence-electron chi connectivity index (χ1n) is 3.81. The van der Waals surface area contributed by atoms with E-state index in [0.29, 0.717) is 0 Å². The Morgan fingerprint density at radius 2 is 1.43 bits per heavy atom. The van der Waals surface area contributed by atoms with E-state index in [1.165, 1.54) is 6.92 Å². The molecule has 0 unspecified atom stereocenters. The summed E-state index contributed by atoms with van der Waals surface area (Å²) in [7, 11) is 0. The lowest BCUT2D eigenvalue weighted by molar-refractivity contribution is 0.286. The van der Waals surface area contributed by atoms with Gasteiger partial charge >= 0.3 is 0 Å². The van der Waals surface area contributed by atoms with Crippen LogP contribution in [0.3, 0.4) is 0 Å². The Morgan fingerprint density at radius 1 is 1.00 bits per heavy atom. The van der Waals surface area contributed by atoms with Crippen LogP contribution in [0.4, 0.5) is 17.6 Å². The maximum absolute atomic E-state index is 12.9. The van der Waals surface area contributed by atoms with Crippen LogP contribution in [0.15, 0.2) is 0 Å². The van der Waals surface area contributed by atoms with Crippen LogP contribution in [-0.4, -0.2) is 6.61 Å². The molecule has 0 N–H and O–H groups in total. The number of hydrogen-bond donors (Lipinski definition) is 0. The van der Waals surface area contributed by atoms with E-state index in [-0.39, 0.29) is 6.61 Å². The zero-order valence-corrected chi connectivity index (χ0v) is 7.33. The van der Waals surface area contributed by atoms with Crippen LogP contribution in [0.1, 0.15) is 12.5 Å². The summed E-state index contributed by atoms with van der Waals surface area (Å²) in [6.45, 7) is 4.20. The van der Waals surface area contributed by atoms with Gasteiger partial charge in [0, 0.05) is 5.56 Å². The molecular formula is C9H7F4O. The highest BCUT2D eigenvalue weighted by Crippen LogP contribution is 2.29. The van der Waals surface area contributed by atoms with Crippen LogP contribution in [0.25, 0.3) is 0 Å². The molecule has 0 aliphatic rings. The van der Waals surface area contributed by atoms with Gasteiger partial charge in [-0.05, 0) is 13.8 Å². The van der Waals surface area contributed by atoms with E-state index in [1.807, 2.05) is 0 Å². The smallest absolute Gasteiger partial charge is 0.204 e. The molecule has 0 heterocycles. The van der Waals surface area contributed by atoms with Gasteiger partial charge in [-0.15, -0.1) is 0 Å². The molecule has 1 aromatic carbocycles. The number of rotatable bonds is 2. The number of halogens is 4. The van der Waals surface area contributed by atoms with E-state index >= 15 is 0 Å². The first-order chi connectivity index (χ1) is 6.50. The SMILES string of the molecule is [CH2]c1c(F)c(F)c(OCC)c(F)c1F. The molecule has 1 nitrogen and oxygen atoms in total. The first-order valence-corrected chi connectivity index (χ1v) is 3.81. The molecule has 0 saturated carbocycles. The zero-order valence-electron chi connectivity index (χ0n) is 7.33. The minimum absolute atomic E-state index is 0.0940. The molecule has 0 amide bonds. The quantitative estimate of drug-likeness (QED) is 0.535. The summed E-state index contributed by atoms with van der Waals surface area (Å²) in [5.41, 5.74) is -0.941. The van der Waals surface area contributed by atoms with Crippen molar-refractivity contribution in [3.05, 3.63) is 35.8 Å². The fourth-order valence-corrected chi connectivity index (χ4v) is 0.928. The maximum Gasteiger partial charge on any atom is 0.204 e. The Bertz CT molecular complexity index is 333.